The molecule has 1 amide bonds. The maximum absolute atomic E-state index is 12.5. The molecule has 2 atom stereocenters. The van der Waals surface area contributed by atoms with E-state index in [1.54, 1.807) is 17.0 Å². The number of nitro groups is 1. The number of hydrogen-bond acceptors (Lipinski definition) is 6. The zero-order valence-corrected chi connectivity index (χ0v) is 16.9. The smallest absolute Gasteiger partial charge is 0.338 e. The molecule has 156 valence electrons. The molecule has 29 heavy (non-hydrogen) atoms. The average molecular weight is 401 g/mol. The summed E-state index contributed by atoms with van der Waals surface area (Å²) in [5.41, 5.74) is 0.521. The van der Waals surface area contributed by atoms with Crippen LogP contribution in [0.1, 0.15) is 37.0 Å². The van der Waals surface area contributed by atoms with Gasteiger partial charge in [-0.1, -0.05) is 19.1 Å². The van der Waals surface area contributed by atoms with Crippen LogP contribution in [0.2, 0.25) is 0 Å². The predicted molar refractivity (Wildman–Crippen MR) is 109 cm³/mol. The molecule has 0 saturated carbocycles. The van der Waals surface area contributed by atoms with Gasteiger partial charge in [0, 0.05) is 39.2 Å². The molecule has 0 spiro atoms. The molecule has 1 aliphatic carbocycles. The summed E-state index contributed by atoms with van der Waals surface area (Å²) in [6, 6.07) is 4.47. The van der Waals surface area contributed by atoms with Gasteiger partial charge < -0.3 is 14.5 Å². The van der Waals surface area contributed by atoms with Gasteiger partial charge in [0.15, 0.2) is 0 Å². The van der Waals surface area contributed by atoms with Crippen molar-refractivity contribution >= 4 is 23.3 Å². The second-order valence-corrected chi connectivity index (χ2v) is 7.73. The largest absolute Gasteiger partial charge is 0.462 e. The Morgan fingerprint density at radius 2 is 1.86 bits per heavy atom. The SMILES string of the molecule is CC(=O)N1CCN(c2ccc(C(=O)OCC3CC=CCC3C)cc2[N+](=O)[O-])CC1. The Kier molecular flexibility index (Phi) is 6.51. The molecule has 0 aromatic heterocycles. The van der Waals surface area contributed by atoms with Crippen molar-refractivity contribution in [3.8, 4) is 0 Å². The quantitative estimate of drug-likeness (QED) is 0.326. The fourth-order valence-electron chi connectivity index (χ4n) is 3.83. The number of piperazine rings is 1. The van der Waals surface area contributed by atoms with Gasteiger partial charge in [-0.2, -0.15) is 0 Å². The maximum Gasteiger partial charge on any atom is 0.338 e. The normalized spacial score (nSPS) is 21.7. The highest BCUT2D eigenvalue weighted by Gasteiger charge is 2.27. The predicted octanol–water partition coefficient (Wildman–Crippen LogP) is 3.02. The van der Waals surface area contributed by atoms with Gasteiger partial charge in [-0.15, -0.1) is 0 Å². The lowest BCUT2D eigenvalue weighted by atomic mass is 9.85. The average Bonchev–Trinajstić information content (AvgIpc) is 2.72. The lowest BCUT2D eigenvalue weighted by molar-refractivity contribution is -0.384. The third-order valence-electron chi connectivity index (χ3n) is 5.82. The van der Waals surface area contributed by atoms with Crippen LogP contribution in [0.25, 0.3) is 0 Å². The minimum atomic E-state index is -0.539. The summed E-state index contributed by atoms with van der Waals surface area (Å²) >= 11 is 0. The number of esters is 1. The van der Waals surface area contributed by atoms with Crippen LogP contribution in [0.15, 0.2) is 30.4 Å². The first-order valence-corrected chi connectivity index (χ1v) is 9.98. The van der Waals surface area contributed by atoms with E-state index in [2.05, 4.69) is 19.1 Å². The van der Waals surface area contributed by atoms with E-state index in [0.717, 1.165) is 12.8 Å². The van der Waals surface area contributed by atoms with Crippen molar-refractivity contribution in [2.45, 2.75) is 26.7 Å². The summed E-state index contributed by atoms with van der Waals surface area (Å²) in [5.74, 6) is 0.178. The Hall–Kier alpha value is -2.90. The number of ether oxygens (including phenoxy) is 1. The van der Waals surface area contributed by atoms with Gasteiger partial charge in [0.2, 0.25) is 5.91 Å². The molecule has 8 heteroatoms. The molecule has 0 N–H and O–H groups in total. The zero-order chi connectivity index (χ0) is 21.0. The van der Waals surface area contributed by atoms with Crippen LogP contribution in [0.4, 0.5) is 11.4 Å². The fraction of sp³-hybridized carbons (Fsp3) is 0.524. The Balaban J connectivity index is 1.69. The number of nitro benzene ring substituents is 1. The monoisotopic (exact) mass is 401 g/mol. The summed E-state index contributed by atoms with van der Waals surface area (Å²) in [6.07, 6.45) is 6.09. The number of carbonyl (C=O) groups is 2. The molecule has 1 aliphatic heterocycles. The zero-order valence-electron chi connectivity index (χ0n) is 16.9. The van der Waals surface area contributed by atoms with Crippen LogP contribution in [0.5, 0.6) is 0 Å². The third kappa shape index (κ3) is 4.93. The Bertz CT molecular complexity index is 815. The summed E-state index contributed by atoms with van der Waals surface area (Å²) in [5, 5.41) is 11.6. The van der Waals surface area contributed by atoms with Gasteiger partial charge in [-0.05, 0) is 36.8 Å². The summed E-state index contributed by atoms with van der Waals surface area (Å²) in [4.78, 5) is 38.7. The van der Waals surface area contributed by atoms with E-state index in [1.807, 2.05) is 4.90 Å². The van der Waals surface area contributed by atoms with Crippen LogP contribution < -0.4 is 4.90 Å². The van der Waals surface area contributed by atoms with Crippen LogP contribution in [-0.4, -0.2) is 54.5 Å². The number of carbonyl (C=O) groups excluding carboxylic acids is 2. The third-order valence-corrected chi connectivity index (χ3v) is 5.82. The number of nitrogens with zero attached hydrogens (tertiary/aromatic N) is 3. The van der Waals surface area contributed by atoms with Crippen molar-refractivity contribution in [2.75, 3.05) is 37.7 Å². The van der Waals surface area contributed by atoms with Crippen molar-refractivity contribution in [1.82, 2.24) is 4.90 Å². The first kappa shape index (κ1) is 20.8. The standard InChI is InChI=1S/C21H27N3O5/c1-15-5-3-4-6-18(15)14-29-21(26)17-7-8-19(20(13-17)24(27)28)23-11-9-22(10-12-23)16(2)25/h3-4,7-8,13,15,18H,5-6,9-12,14H2,1-2H3. The Morgan fingerprint density at radius 1 is 1.17 bits per heavy atom. The topological polar surface area (TPSA) is 93.0 Å². The molecule has 2 aliphatic rings. The highest BCUT2D eigenvalue weighted by molar-refractivity contribution is 5.91. The van der Waals surface area contributed by atoms with Crippen molar-refractivity contribution in [3.05, 3.63) is 46.0 Å². The molecule has 8 nitrogen and oxygen atoms in total. The van der Waals surface area contributed by atoms with Gasteiger partial charge >= 0.3 is 5.97 Å². The van der Waals surface area contributed by atoms with E-state index in [1.165, 1.54) is 13.0 Å². The second-order valence-electron chi connectivity index (χ2n) is 7.73. The summed E-state index contributed by atoms with van der Waals surface area (Å²) in [6.45, 7) is 6.02. The summed E-state index contributed by atoms with van der Waals surface area (Å²) in [7, 11) is 0. The van der Waals surface area contributed by atoms with Gasteiger partial charge in [0.05, 0.1) is 17.1 Å². The molecule has 1 heterocycles. The number of anilines is 1. The minimum Gasteiger partial charge on any atom is -0.462 e. The second kappa shape index (κ2) is 9.07. The lowest BCUT2D eigenvalue weighted by Crippen LogP contribution is -2.48. The molecule has 2 unspecified atom stereocenters. The first-order chi connectivity index (χ1) is 13.9. The van der Waals surface area contributed by atoms with Gasteiger partial charge in [-0.3, -0.25) is 14.9 Å². The van der Waals surface area contributed by atoms with E-state index in [0.29, 0.717) is 44.4 Å². The van der Waals surface area contributed by atoms with Crippen molar-refractivity contribution in [2.24, 2.45) is 11.8 Å². The van der Waals surface area contributed by atoms with Gasteiger partial charge in [0.1, 0.15) is 5.69 Å². The number of rotatable bonds is 5. The van der Waals surface area contributed by atoms with Crippen LogP contribution in [0.3, 0.4) is 0 Å². The van der Waals surface area contributed by atoms with E-state index in [4.69, 9.17) is 4.74 Å². The maximum atomic E-state index is 12.5. The lowest BCUT2D eigenvalue weighted by Gasteiger charge is -2.35. The Labute approximate surface area is 170 Å². The molecule has 1 aromatic carbocycles. The van der Waals surface area contributed by atoms with Crippen LogP contribution >= 0.6 is 0 Å². The molecule has 1 saturated heterocycles. The van der Waals surface area contributed by atoms with Gasteiger partial charge in [-0.25, -0.2) is 4.79 Å². The minimum absolute atomic E-state index is 0.0000166. The molecular formula is C21H27N3O5. The van der Waals surface area contributed by atoms with Gasteiger partial charge in [0.25, 0.3) is 5.69 Å². The van der Waals surface area contributed by atoms with E-state index in [-0.39, 0.29) is 23.1 Å². The van der Waals surface area contributed by atoms with E-state index in [9.17, 15) is 19.7 Å². The molecule has 0 bridgehead atoms. The van der Waals surface area contributed by atoms with Crippen molar-refractivity contribution < 1.29 is 19.2 Å². The number of allylic oxidation sites excluding steroid dienone is 2. The van der Waals surface area contributed by atoms with Crippen molar-refractivity contribution in [3.63, 3.8) is 0 Å². The van der Waals surface area contributed by atoms with E-state index >= 15 is 0 Å². The molecular weight excluding hydrogens is 374 g/mol. The number of benzene rings is 1. The fourth-order valence-corrected chi connectivity index (χ4v) is 3.83. The molecule has 1 aromatic rings. The highest BCUT2D eigenvalue weighted by atomic mass is 16.6. The first-order valence-electron chi connectivity index (χ1n) is 9.98. The number of hydrogen-bond donors (Lipinski definition) is 0. The Morgan fingerprint density at radius 3 is 2.48 bits per heavy atom. The number of amides is 1. The van der Waals surface area contributed by atoms with E-state index < -0.39 is 10.9 Å². The molecule has 1 fully saturated rings. The van der Waals surface area contributed by atoms with Crippen LogP contribution in [-0.2, 0) is 9.53 Å². The van der Waals surface area contributed by atoms with Crippen LogP contribution in [0, 0.1) is 22.0 Å². The van der Waals surface area contributed by atoms with Crippen molar-refractivity contribution in [1.29, 1.82) is 0 Å². The summed E-state index contributed by atoms with van der Waals surface area (Å²) < 4.78 is 5.45. The highest BCUT2D eigenvalue weighted by Crippen LogP contribution is 2.31. The molecule has 0 radical (unpaired) electrons. The molecule has 3 rings (SSSR count).